The number of nitrogens with zero attached hydrogens (tertiary/aromatic N) is 3. The van der Waals surface area contributed by atoms with Gasteiger partial charge < -0.3 is 0 Å². The summed E-state index contributed by atoms with van der Waals surface area (Å²) < 4.78 is 0. The molecule has 2 heterocycles. The van der Waals surface area contributed by atoms with Crippen LogP contribution in [-0.2, 0) is 6.42 Å². The van der Waals surface area contributed by atoms with Crippen molar-refractivity contribution in [2.24, 2.45) is 0 Å². The van der Waals surface area contributed by atoms with Gasteiger partial charge in [0.05, 0.1) is 5.01 Å². The first-order valence-corrected chi connectivity index (χ1v) is 5.19. The van der Waals surface area contributed by atoms with Crippen molar-refractivity contribution in [2.45, 2.75) is 20.3 Å². The molecule has 2 aromatic rings. The predicted molar refractivity (Wildman–Crippen MR) is 54.3 cm³/mol. The summed E-state index contributed by atoms with van der Waals surface area (Å²) in [6, 6.07) is 0. The van der Waals surface area contributed by atoms with Crippen molar-refractivity contribution >= 4 is 33.3 Å². The monoisotopic (exact) mass is 213 g/mol. The van der Waals surface area contributed by atoms with Gasteiger partial charge in [-0.25, -0.2) is 15.0 Å². The van der Waals surface area contributed by atoms with Crippen LogP contribution in [0.4, 0.5) is 0 Å². The van der Waals surface area contributed by atoms with Gasteiger partial charge in [0.25, 0.3) is 0 Å². The largest absolute Gasteiger partial charge is 0.236 e. The molecule has 0 aliphatic heterocycles. The molecule has 0 aromatic carbocycles. The van der Waals surface area contributed by atoms with Crippen molar-refractivity contribution in [1.29, 1.82) is 0 Å². The number of hydrogen-bond acceptors (Lipinski definition) is 4. The zero-order valence-electron chi connectivity index (χ0n) is 7.33. The van der Waals surface area contributed by atoms with Crippen molar-refractivity contribution in [3.8, 4) is 0 Å². The Bertz CT molecular complexity index is 452. The lowest BCUT2D eigenvalue weighted by Gasteiger charge is -1.92. The van der Waals surface area contributed by atoms with Crippen molar-refractivity contribution in [3.05, 3.63) is 16.0 Å². The molecule has 0 bridgehead atoms. The highest BCUT2D eigenvalue weighted by Crippen LogP contribution is 2.25. The minimum atomic E-state index is 0.457. The average Bonchev–Trinajstić information content (AvgIpc) is 2.47. The number of aryl methyl sites for hydroxylation is 2. The van der Waals surface area contributed by atoms with Crippen LogP contribution in [0.2, 0.25) is 5.15 Å². The fourth-order valence-electron chi connectivity index (χ4n) is 1.08. The Labute approximate surface area is 84.8 Å². The van der Waals surface area contributed by atoms with Crippen LogP contribution in [0.15, 0.2) is 0 Å². The second-order valence-corrected chi connectivity index (χ2v) is 4.10. The highest BCUT2D eigenvalue weighted by atomic mass is 35.5. The topological polar surface area (TPSA) is 38.7 Å². The summed E-state index contributed by atoms with van der Waals surface area (Å²) in [5.74, 6) is 0.698. The van der Waals surface area contributed by atoms with E-state index >= 15 is 0 Å². The average molecular weight is 214 g/mol. The van der Waals surface area contributed by atoms with Crippen molar-refractivity contribution in [3.63, 3.8) is 0 Å². The molecular formula is C8H8ClN3S. The van der Waals surface area contributed by atoms with Gasteiger partial charge in [0, 0.05) is 0 Å². The van der Waals surface area contributed by atoms with Crippen LogP contribution in [0.1, 0.15) is 17.8 Å². The Balaban J connectivity index is 2.75. The molecule has 13 heavy (non-hydrogen) atoms. The Morgan fingerprint density at radius 2 is 2.08 bits per heavy atom. The predicted octanol–water partition coefficient (Wildman–Crippen LogP) is 2.61. The van der Waals surface area contributed by atoms with Crippen molar-refractivity contribution in [2.75, 3.05) is 0 Å². The molecule has 5 heteroatoms. The third kappa shape index (κ3) is 1.51. The standard InChI is InChI=1S/C8H8ClN3S/c1-3-5-12-6-7(9)10-4(2)11-8(6)13-5/h3H2,1-2H3. The van der Waals surface area contributed by atoms with Gasteiger partial charge in [-0.3, -0.25) is 0 Å². The summed E-state index contributed by atoms with van der Waals surface area (Å²) in [6.07, 6.45) is 0.913. The summed E-state index contributed by atoms with van der Waals surface area (Å²) in [5, 5.41) is 1.51. The van der Waals surface area contributed by atoms with E-state index in [1.54, 1.807) is 11.3 Å². The summed E-state index contributed by atoms with van der Waals surface area (Å²) in [6.45, 7) is 3.89. The van der Waals surface area contributed by atoms with E-state index in [1.807, 2.05) is 6.92 Å². The Morgan fingerprint density at radius 1 is 1.31 bits per heavy atom. The maximum atomic E-state index is 5.93. The van der Waals surface area contributed by atoms with Gasteiger partial charge in [-0.1, -0.05) is 29.9 Å². The molecule has 0 aliphatic rings. The number of rotatable bonds is 1. The summed E-state index contributed by atoms with van der Waals surface area (Å²) >= 11 is 7.50. The van der Waals surface area contributed by atoms with Crippen LogP contribution in [-0.4, -0.2) is 15.0 Å². The fraction of sp³-hybridized carbons (Fsp3) is 0.375. The van der Waals surface area contributed by atoms with E-state index in [0.29, 0.717) is 11.0 Å². The Hall–Kier alpha value is -0.740. The third-order valence-electron chi connectivity index (χ3n) is 1.67. The number of thiazole rings is 1. The summed E-state index contributed by atoms with van der Waals surface area (Å²) in [5.41, 5.74) is 0.731. The molecule has 3 nitrogen and oxygen atoms in total. The minimum absolute atomic E-state index is 0.457. The molecule has 0 atom stereocenters. The molecule has 0 amide bonds. The second-order valence-electron chi connectivity index (χ2n) is 2.68. The molecule has 2 aromatic heterocycles. The number of hydrogen-bond donors (Lipinski definition) is 0. The van der Waals surface area contributed by atoms with E-state index in [9.17, 15) is 0 Å². The van der Waals surface area contributed by atoms with Crippen molar-refractivity contribution in [1.82, 2.24) is 15.0 Å². The lowest BCUT2D eigenvalue weighted by Crippen LogP contribution is -1.87. The molecule has 0 fully saturated rings. The van der Waals surface area contributed by atoms with Crippen LogP contribution < -0.4 is 0 Å². The first-order chi connectivity index (χ1) is 6.20. The first kappa shape index (κ1) is 8.84. The zero-order valence-corrected chi connectivity index (χ0v) is 8.91. The van der Waals surface area contributed by atoms with Crippen LogP contribution >= 0.6 is 22.9 Å². The van der Waals surface area contributed by atoms with E-state index < -0.39 is 0 Å². The molecule has 0 radical (unpaired) electrons. The molecule has 2 rings (SSSR count). The van der Waals surface area contributed by atoms with Gasteiger partial charge in [0.2, 0.25) is 0 Å². The van der Waals surface area contributed by atoms with E-state index in [-0.39, 0.29) is 0 Å². The smallest absolute Gasteiger partial charge is 0.159 e. The molecule has 0 aliphatic carbocycles. The lowest BCUT2D eigenvalue weighted by atomic mass is 10.5. The van der Waals surface area contributed by atoms with E-state index in [2.05, 4.69) is 21.9 Å². The van der Waals surface area contributed by atoms with Crippen molar-refractivity contribution < 1.29 is 0 Å². The molecule has 68 valence electrons. The van der Waals surface area contributed by atoms with Gasteiger partial charge in [-0.15, -0.1) is 0 Å². The van der Waals surface area contributed by atoms with Gasteiger partial charge >= 0.3 is 0 Å². The normalized spacial score (nSPS) is 11.0. The third-order valence-corrected chi connectivity index (χ3v) is 3.03. The molecular weight excluding hydrogens is 206 g/mol. The van der Waals surface area contributed by atoms with Crippen LogP contribution in [0.3, 0.4) is 0 Å². The maximum Gasteiger partial charge on any atom is 0.159 e. The number of fused-ring (bicyclic) bond motifs is 1. The van der Waals surface area contributed by atoms with Gasteiger partial charge in [0.15, 0.2) is 5.15 Å². The lowest BCUT2D eigenvalue weighted by molar-refractivity contribution is 1.08. The number of halogens is 1. The van der Waals surface area contributed by atoms with Crippen LogP contribution in [0, 0.1) is 6.92 Å². The van der Waals surface area contributed by atoms with Crippen LogP contribution in [0.25, 0.3) is 10.3 Å². The molecule has 0 unspecified atom stereocenters. The number of aromatic nitrogens is 3. The van der Waals surface area contributed by atoms with Gasteiger partial charge in [-0.2, -0.15) is 0 Å². The van der Waals surface area contributed by atoms with Gasteiger partial charge in [-0.05, 0) is 13.3 Å². The Morgan fingerprint density at radius 3 is 2.77 bits per heavy atom. The SMILES string of the molecule is CCc1nc2c(Cl)nc(C)nc2s1. The van der Waals surface area contributed by atoms with E-state index in [1.165, 1.54) is 0 Å². The summed E-state index contributed by atoms with van der Waals surface area (Å²) in [4.78, 5) is 13.5. The molecule has 0 saturated carbocycles. The summed E-state index contributed by atoms with van der Waals surface area (Å²) in [7, 11) is 0. The molecule has 0 spiro atoms. The molecule has 0 saturated heterocycles. The quantitative estimate of drug-likeness (QED) is 0.684. The van der Waals surface area contributed by atoms with Gasteiger partial charge in [0.1, 0.15) is 16.2 Å². The van der Waals surface area contributed by atoms with E-state index in [0.717, 1.165) is 21.8 Å². The molecule has 0 N–H and O–H groups in total. The fourth-order valence-corrected chi connectivity index (χ4v) is 2.31. The minimum Gasteiger partial charge on any atom is -0.236 e. The Kier molecular flexibility index (Phi) is 2.17. The highest BCUT2D eigenvalue weighted by Gasteiger charge is 2.08. The van der Waals surface area contributed by atoms with E-state index in [4.69, 9.17) is 11.6 Å². The van der Waals surface area contributed by atoms with Crippen LogP contribution in [0.5, 0.6) is 0 Å². The maximum absolute atomic E-state index is 5.93. The highest BCUT2D eigenvalue weighted by molar-refractivity contribution is 7.18. The second kappa shape index (κ2) is 3.20. The first-order valence-electron chi connectivity index (χ1n) is 4.00. The zero-order chi connectivity index (χ0) is 9.42.